The number of nitro groups is 1. The Labute approximate surface area is 143 Å². The third kappa shape index (κ3) is 3.12. The van der Waals surface area contributed by atoms with Crippen LogP contribution in [-0.2, 0) is 9.59 Å². The van der Waals surface area contributed by atoms with E-state index >= 15 is 0 Å². The van der Waals surface area contributed by atoms with Gasteiger partial charge in [0, 0.05) is 11.6 Å². The summed E-state index contributed by atoms with van der Waals surface area (Å²) in [4.78, 5) is 35.2. The molecule has 0 atom stereocenters. The third-order valence-corrected chi connectivity index (χ3v) is 3.92. The first-order valence-corrected chi connectivity index (χ1v) is 7.55. The molecule has 2 amide bonds. The van der Waals surface area contributed by atoms with Crippen LogP contribution in [0.1, 0.15) is 16.7 Å². The van der Waals surface area contributed by atoms with Gasteiger partial charge in [-0.3, -0.25) is 25.1 Å². The van der Waals surface area contributed by atoms with Gasteiger partial charge in [0.1, 0.15) is 5.57 Å². The molecular formula is C18H15N3O4. The Bertz CT molecular complexity index is 916. The standard InChI is InChI=1S/C18H15N3O4/c1-11-3-7-14(8-4-11)20-18(23)15(17(22)19-20)9-13-6-5-12(2)16(10-13)21(24)25/h3-10H,1-2H3,(H,19,22)/b15-9-. The average molecular weight is 337 g/mol. The van der Waals surface area contributed by atoms with E-state index in [9.17, 15) is 19.7 Å². The molecule has 1 N–H and O–H groups in total. The predicted molar refractivity (Wildman–Crippen MR) is 92.6 cm³/mol. The van der Waals surface area contributed by atoms with Crippen LogP contribution in [-0.4, -0.2) is 16.7 Å². The number of benzene rings is 2. The number of nitrogens with zero attached hydrogens (tertiary/aromatic N) is 2. The lowest BCUT2D eigenvalue weighted by Crippen LogP contribution is -2.35. The summed E-state index contributed by atoms with van der Waals surface area (Å²) in [5.41, 5.74) is 4.87. The molecule has 1 heterocycles. The topological polar surface area (TPSA) is 92.6 Å². The molecule has 1 aliphatic rings. The number of hydrogen-bond acceptors (Lipinski definition) is 4. The van der Waals surface area contributed by atoms with Gasteiger partial charge in [-0.25, -0.2) is 5.01 Å². The fourth-order valence-corrected chi connectivity index (χ4v) is 2.51. The van der Waals surface area contributed by atoms with Crippen LogP contribution in [0.3, 0.4) is 0 Å². The highest BCUT2D eigenvalue weighted by Gasteiger charge is 2.34. The number of nitro benzene ring substituents is 1. The Morgan fingerprint density at radius 3 is 2.40 bits per heavy atom. The minimum atomic E-state index is -0.547. The minimum absolute atomic E-state index is 0.0596. The number of rotatable bonds is 3. The maximum absolute atomic E-state index is 12.5. The van der Waals surface area contributed by atoms with Crippen molar-refractivity contribution in [2.24, 2.45) is 0 Å². The fraction of sp³-hybridized carbons (Fsp3) is 0.111. The van der Waals surface area contributed by atoms with Crippen molar-refractivity contribution in [3.05, 3.63) is 74.8 Å². The monoisotopic (exact) mass is 337 g/mol. The van der Waals surface area contributed by atoms with Crippen LogP contribution in [0.4, 0.5) is 11.4 Å². The van der Waals surface area contributed by atoms with Gasteiger partial charge < -0.3 is 0 Å². The number of hydrazine groups is 1. The molecule has 1 aliphatic heterocycles. The van der Waals surface area contributed by atoms with Gasteiger partial charge in [0.05, 0.1) is 10.6 Å². The predicted octanol–water partition coefficient (Wildman–Crippen LogP) is 2.67. The van der Waals surface area contributed by atoms with Gasteiger partial charge in [-0.1, -0.05) is 29.8 Å². The van der Waals surface area contributed by atoms with Crippen molar-refractivity contribution in [1.29, 1.82) is 0 Å². The van der Waals surface area contributed by atoms with Crippen molar-refractivity contribution in [2.45, 2.75) is 13.8 Å². The Morgan fingerprint density at radius 1 is 1.08 bits per heavy atom. The molecule has 0 spiro atoms. The number of amides is 2. The van der Waals surface area contributed by atoms with Crippen LogP contribution >= 0.6 is 0 Å². The summed E-state index contributed by atoms with van der Waals surface area (Å²) in [6.45, 7) is 3.55. The number of aryl methyl sites for hydroxylation is 2. The van der Waals surface area contributed by atoms with Crippen molar-refractivity contribution in [3.8, 4) is 0 Å². The number of nitrogens with one attached hydrogen (secondary N) is 1. The molecule has 126 valence electrons. The second kappa shape index (κ2) is 6.20. The Morgan fingerprint density at radius 2 is 1.76 bits per heavy atom. The molecular weight excluding hydrogens is 322 g/mol. The molecule has 2 aromatic rings. The molecule has 0 unspecified atom stereocenters. The molecule has 25 heavy (non-hydrogen) atoms. The summed E-state index contributed by atoms with van der Waals surface area (Å²) in [6.07, 6.45) is 1.36. The number of carbonyl (C=O) groups excluding carboxylic acids is 2. The zero-order valence-corrected chi connectivity index (χ0v) is 13.6. The van der Waals surface area contributed by atoms with Gasteiger partial charge in [-0.15, -0.1) is 0 Å². The molecule has 0 aromatic heterocycles. The van der Waals surface area contributed by atoms with Gasteiger partial charge in [-0.2, -0.15) is 0 Å². The lowest BCUT2D eigenvalue weighted by molar-refractivity contribution is -0.385. The lowest BCUT2D eigenvalue weighted by atomic mass is 10.1. The maximum atomic E-state index is 12.5. The first-order chi connectivity index (χ1) is 11.9. The second-order valence-electron chi connectivity index (χ2n) is 5.78. The van der Waals surface area contributed by atoms with E-state index in [1.165, 1.54) is 12.1 Å². The van der Waals surface area contributed by atoms with E-state index in [1.54, 1.807) is 31.2 Å². The van der Waals surface area contributed by atoms with Gasteiger partial charge in [0.2, 0.25) is 0 Å². The van der Waals surface area contributed by atoms with Gasteiger partial charge in [0.25, 0.3) is 17.5 Å². The summed E-state index contributed by atoms with van der Waals surface area (Å²) >= 11 is 0. The zero-order valence-electron chi connectivity index (χ0n) is 13.6. The van der Waals surface area contributed by atoms with Crippen molar-refractivity contribution in [1.82, 2.24) is 5.43 Å². The minimum Gasteiger partial charge on any atom is -0.267 e. The maximum Gasteiger partial charge on any atom is 0.282 e. The quantitative estimate of drug-likeness (QED) is 0.403. The van der Waals surface area contributed by atoms with Crippen LogP contribution in [0.15, 0.2) is 48.0 Å². The molecule has 0 bridgehead atoms. The van der Waals surface area contributed by atoms with E-state index in [2.05, 4.69) is 5.43 Å². The molecule has 2 aromatic carbocycles. The Hall–Kier alpha value is -3.48. The van der Waals surface area contributed by atoms with E-state index in [0.717, 1.165) is 10.6 Å². The van der Waals surface area contributed by atoms with Crippen molar-refractivity contribution < 1.29 is 14.5 Å². The Kier molecular flexibility index (Phi) is 4.06. The summed E-state index contributed by atoms with van der Waals surface area (Å²) in [5, 5.41) is 12.2. The molecule has 7 heteroatoms. The SMILES string of the molecule is Cc1ccc(N2NC(=O)/C(=C/c3ccc(C)c([N+](=O)[O-])c3)C2=O)cc1. The van der Waals surface area contributed by atoms with E-state index < -0.39 is 16.7 Å². The van der Waals surface area contributed by atoms with Gasteiger partial charge >= 0.3 is 0 Å². The molecule has 1 saturated heterocycles. The molecule has 0 saturated carbocycles. The lowest BCUT2D eigenvalue weighted by Gasteiger charge is -2.14. The zero-order chi connectivity index (χ0) is 18.1. The number of hydrogen-bond donors (Lipinski definition) is 1. The van der Waals surface area contributed by atoms with Crippen molar-refractivity contribution >= 4 is 29.3 Å². The van der Waals surface area contributed by atoms with Crippen LogP contribution in [0.5, 0.6) is 0 Å². The molecule has 7 nitrogen and oxygen atoms in total. The molecule has 1 fully saturated rings. The van der Waals surface area contributed by atoms with Crippen LogP contribution in [0, 0.1) is 24.0 Å². The first kappa shape index (κ1) is 16.4. The number of anilines is 1. The molecule has 0 radical (unpaired) electrons. The normalized spacial score (nSPS) is 15.6. The van der Waals surface area contributed by atoms with E-state index in [4.69, 9.17) is 0 Å². The summed E-state index contributed by atoms with van der Waals surface area (Å²) in [6, 6.07) is 11.7. The highest BCUT2D eigenvalue weighted by Crippen LogP contribution is 2.24. The van der Waals surface area contributed by atoms with Crippen molar-refractivity contribution in [2.75, 3.05) is 5.01 Å². The second-order valence-corrected chi connectivity index (χ2v) is 5.78. The smallest absolute Gasteiger partial charge is 0.267 e. The largest absolute Gasteiger partial charge is 0.282 e. The van der Waals surface area contributed by atoms with Gasteiger partial charge in [0.15, 0.2) is 0 Å². The van der Waals surface area contributed by atoms with Crippen LogP contribution in [0.2, 0.25) is 0 Å². The number of carbonyl (C=O) groups is 2. The highest BCUT2D eigenvalue weighted by atomic mass is 16.6. The van der Waals surface area contributed by atoms with E-state index in [1.807, 2.05) is 19.1 Å². The van der Waals surface area contributed by atoms with Gasteiger partial charge in [-0.05, 0) is 37.6 Å². The Balaban J connectivity index is 1.95. The van der Waals surface area contributed by atoms with Crippen LogP contribution in [0.25, 0.3) is 6.08 Å². The summed E-state index contributed by atoms with van der Waals surface area (Å²) in [5.74, 6) is -1.05. The van der Waals surface area contributed by atoms with Crippen molar-refractivity contribution in [3.63, 3.8) is 0 Å². The molecule has 3 rings (SSSR count). The third-order valence-electron chi connectivity index (χ3n) is 3.92. The average Bonchev–Trinajstić information content (AvgIpc) is 2.85. The summed E-state index contributed by atoms with van der Waals surface area (Å²) in [7, 11) is 0. The van der Waals surface area contributed by atoms with Crippen LogP contribution < -0.4 is 10.4 Å². The fourth-order valence-electron chi connectivity index (χ4n) is 2.51. The summed E-state index contributed by atoms with van der Waals surface area (Å²) < 4.78 is 0. The van der Waals surface area contributed by atoms with E-state index in [0.29, 0.717) is 16.8 Å². The highest BCUT2D eigenvalue weighted by molar-refractivity contribution is 6.31. The molecule has 0 aliphatic carbocycles. The van der Waals surface area contributed by atoms with E-state index in [-0.39, 0.29) is 11.3 Å². The first-order valence-electron chi connectivity index (χ1n) is 7.55.